The lowest BCUT2D eigenvalue weighted by Crippen LogP contribution is -2.33. The highest BCUT2D eigenvalue weighted by molar-refractivity contribution is 5.93. The second kappa shape index (κ2) is 4.95. The number of alkyl halides is 3. The maximum atomic E-state index is 12.4. The Bertz CT molecular complexity index is 658. The van der Waals surface area contributed by atoms with Gasteiger partial charge in [0.1, 0.15) is 6.04 Å². The summed E-state index contributed by atoms with van der Waals surface area (Å²) >= 11 is 0. The van der Waals surface area contributed by atoms with Crippen molar-refractivity contribution in [3.05, 3.63) is 30.0 Å². The number of hydrogen-bond donors (Lipinski definition) is 2. The molecule has 2 aromatic rings. The first-order valence-corrected chi connectivity index (χ1v) is 5.61. The number of hydrogen-bond acceptors (Lipinski definition) is 4. The van der Waals surface area contributed by atoms with E-state index in [9.17, 15) is 18.0 Å². The minimum Gasteiger partial charge on any atom is -0.478 e. The van der Waals surface area contributed by atoms with E-state index in [1.165, 1.54) is 24.4 Å². The number of anilines is 1. The van der Waals surface area contributed by atoms with Gasteiger partial charge in [0.15, 0.2) is 0 Å². The normalized spacial score (nSPS) is 13.2. The van der Waals surface area contributed by atoms with Gasteiger partial charge in [-0.25, -0.2) is 14.8 Å². The van der Waals surface area contributed by atoms with E-state index in [0.717, 1.165) is 6.92 Å². The van der Waals surface area contributed by atoms with E-state index in [1.54, 1.807) is 0 Å². The quantitative estimate of drug-likeness (QED) is 0.906. The third-order valence-electron chi connectivity index (χ3n) is 2.67. The van der Waals surface area contributed by atoms with Gasteiger partial charge in [-0.1, -0.05) is 6.07 Å². The van der Waals surface area contributed by atoms with Crippen molar-refractivity contribution in [3.8, 4) is 0 Å². The number of aromatic carboxylic acids is 1. The fraction of sp³-hybridized carbons (Fsp3) is 0.250. The van der Waals surface area contributed by atoms with E-state index < -0.39 is 18.2 Å². The van der Waals surface area contributed by atoms with Crippen LogP contribution in [0.25, 0.3) is 10.9 Å². The standard InChI is InChI=1S/C12H10F3N3O2/c1-6(12(13,14)15)17-11-16-5-8-3-2-7(10(19)20)4-9(8)18-11/h2-6H,1H3,(H,19,20)(H,16,17,18). The van der Waals surface area contributed by atoms with Gasteiger partial charge in [-0.3, -0.25) is 0 Å². The summed E-state index contributed by atoms with van der Waals surface area (Å²) in [5.74, 6) is -1.34. The van der Waals surface area contributed by atoms with Gasteiger partial charge < -0.3 is 10.4 Å². The molecular formula is C12H10F3N3O2. The molecule has 0 saturated heterocycles. The van der Waals surface area contributed by atoms with Crippen LogP contribution in [0.2, 0.25) is 0 Å². The van der Waals surface area contributed by atoms with Crippen LogP contribution in [0.3, 0.4) is 0 Å². The Hall–Kier alpha value is -2.38. The van der Waals surface area contributed by atoms with Gasteiger partial charge in [-0.05, 0) is 19.1 Å². The topological polar surface area (TPSA) is 75.1 Å². The molecule has 0 saturated carbocycles. The zero-order valence-electron chi connectivity index (χ0n) is 10.3. The second-order valence-corrected chi connectivity index (χ2v) is 4.18. The number of carboxylic acid groups (broad SMARTS) is 1. The first kappa shape index (κ1) is 14.0. The van der Waals surface area contributed by atoms with Crippen LogP contribution < -0.4 is 5.32 Å². The summed E-state index contributed by atoms with van der Waals surface area (Å²) in [5.41, 5.74) is 0.266. The number of nitrogens with one attached hydrogen (secondary N) is 1. The lowest BCUT2D eigenvalue weighted by molar-refractivity contribution is -0.138. The van der Waals surface area contributed by atoms with E-state index in [0.29, 0.717) is 5.39 Å². The van der Waals surface area contributed by atoms with Crippen LogP contribution in [-0.2, 0) is 0 Å². The lowest BCUT2D eigenvalue weighted by atomic mass is 10.1. The average Bonchev–Trinajstić information content (AvgIpc) is 2.36. The molecule has 0 spiro atoms. The summed E-state index contributed by atoms with van der Waals surface area (Å²) in [6.45, 7) is 0.946. The van der Waals surface area contributed by atoms with Crippen LogP contribution in [0.5, 0.6) is 0 Å². The van der Waals surface area contributed by atoms with Crippen LogP contribution >= 0.6 is 0 Å². The smallest absolute Gasteiger partial charge is 0.408 e. The minimum absolute atomic E-state index is 0.00557. The van der Waals surface area contributed by atoms with Crippen LogP contribution in [0.15, 0.2) is 24.4 Å². The van der Waals surface area contributed by atoms with Crippen molar-refractivity contribution in [1.82, 2.24) is 9.97 Å². The predicted molar refractivity (Wildman–Crippen MR) is 65.6 cm³/mol. The van der Waals surface area contributed by atoms with Gasteiger partial charge in [-0.2, -0.15) is 13.2 Å². The molecule has 0 radical (unpaired) electrons. The van der Waals surface area contributed by atoms with Crippen LogP contribution in [-0.4, -0.2) is 33.3 Å². The molecule has 0 amide bonds. The summed E-state index contributed by atoms with van der Waals surface area (Å²) in [4.78, 5) is 18.5. The van der Waals surface area contributed by atoms with Gasteiger partial charge in [0.05, 0.1) is 11.1 Å². The van der Waals surface area contributed by atoms with E-state index >= 15 is 0 Å². The van der Waals surface area contributed by atoms with Crippen molar-refractivity contribution < 1.29 is 23.1 Å². The van der Waals surface area contributed by atoms with Crippen molar-refractivity contribution >= 4 is 22.8 Å². The molecule has 0 aliphatic rings. The molecule has 0 bridgehead atoms. The van der Waals surface area contributed by atoms with Crippen molar-refractivity contribution in [2.45, 2.75) is 19.1 Å². The van der Waals surface area contributed by atoms with Gasteiger partial charge >= 0.3 is 12.1 Å². The van der Waals surface area contributed by atoms with Gasteiger partial charge in [-0.15, -0.1) is 0 Å². The number of fused-ring (bicyclic) bond motifs is 1. The summed E-state index contributed by atoms with van der Waals surface area (Å²) in [5, 5.41) is 11.5. The Morgan fingerprint density at radius 1 is 1.40 bits per heavy atom. The highest BCUT2D eigenvalue weighted by Crippen LogP contribution is 2.23. The zero-order chi connectivity index (χ0) is 14.9. The molecule has 0 aliphatic heterocycles. The minimum atomic E-state index is -4.42. The molecule has 2 rings (SSSR count). The molecule has 1 aromatic carbocycles. The van der Waals surface area contributed by atoms with E-state index in [2.05, 4.69) is 15.3 Å². The fourth-order valence-corrected chi connectivity index (χ4v) is 1.50. The molecule has 1 unspecified atom stereocenters. The maximum Gasteiger partial charge on any atom is 0.408 e. The van der Waals surface area contributed by atoms with E-state index in [4.69, 9.17) is 5.11 Å². The van der Waals surface area contributed by atoms with E-state index in [1.807, 2.05) is 0 Å². The molecule has 2 N–H and O–H groups in total. The average molecular weight is 285 g/mol. The number of benzene rings is 1. The summed E-state index contributed by atoms with van der Waals surface area (Å²) in [6.07, 6.45) is -3.08. The Morgan fingerprint density at radius 3 is 2.70 bits per heavy atom. The lowest BCUT2D eigenvalue weighted by Gasteiger charge is -2.17. The molecule has 1 atom stereocenters. The SMILES string of the molecule is CC(Nc1ncc2ccc(C(=O)O)cc2n1)C(F)(F)F. The summed E-state index contributed by atoms with van der Waals surface area (Å²) < 4.78 is 37.3. The molecule has 1 aromatic heterocycles. The molecule has 0 aliphatic carbocycles. The molecule has 5 nitrogen and oxygen atoms in total. The molecular weight excluding hydrogens is 275 g/mol. The predicted octanol–water partition coefficient (Wildman–Crippen LogP) is 2.69. The third-order valence-corrected chi connectivity index (χ3v) is 2.67. The Kier molecular flexibility index (Phi) is 3.47. The molecule has 20 heavy (non-hydrogen) atoms. The third kappa shape index (κ3) is 2.95. The largest absolute Gasteiger partial charge is 0.478 e. The number of nitrogens with zero attached hydrogens (tertiary/aromatic N) is 2. The van der Waals surface area contributed by atoms with Crippen LogP contribution in [0.4, 0.5) is 19.1 Å². The first-order valence-electron chi connectivity index (χ1n) is 5.61. The monoisotopic (exact) mass is 285 g/mol. The molecule has 0 fully saturated rings. The van der Waals surface area contributed by atoms with Crippen molar-refractivity contribution in [1.29, 1.82) is 0 Å². The Balaban J connectivity index is 2.34. The van der Waals surface area contributed by atoms with Gasteiger partial charge in [0.2, 0.25) is 5.95 Å². The van der Waals surface area contributed by atoms with Crippen molar-refractivity contribution in [2.24, 2.45) is 0 Å². The van der Waals surface area contributed by atoms with E-state index in [-0.39, 0.29) is 17.0 Å². The van der Waals surface area contributed by atoms with Crippen molar-refractivity contribution in [3.63, 3.8) is 0 Å². The molecule has 106 valence electrons. The van der Waals surface area contributed by atoms with Crippen LogP contribution in [0, 0.1) is 0 Å². The highest BCUT2D eigenvalue weighted by Gasteiger charge is 2.36. The number of halogens is 3. The van der Waals surface area contributed by atoms with Crippen LogP contribution in [0.1, 0.15) is 17.3 Å². The fourth-order valence-electron chi connectivity index (χ4n) is 1.50. The maximum absolute atomic E-state index is 12.4. The van der Waals surface area contributed by atoms with Gasteiger partial charge in [0, 0.05) is 11.6 Å². The number of aromatic nitrogens is 2. The number of carbonyl (C=O) groups is 1. The second-order valence-electron chi connectivity index (χ2n) is 4.18. The number of carboxylic acids is 1. The summed E-state index contributed by atoms with van der Waals surface area (Å²) in [6, 6.07) is 2.35. The number of rotatable bonds is 3. The Morgan fingerprint density at radius 2 is 2.10 bits per heavy atom. The molecule has 8 heteroatoms. The first-order chi connectivity index (χ1) is 9.27. The Labute approximate surface area is 111 Å². The summed E-state index contributed by atoms with van der Waals surface area (Å²) in [7, 11) is 0. The molecule has 1 heterocycles. The van der Waals surface area contributed by atoms with Gasteiger partial charge in [0.25, 0.3) is 0 Å². The zero-order valence-corrected chi connectivity index (χ0v) is 10.3. The highest BCUT2D eigenvalue weighted by atomic mass is 19.4. The van der Waals surface area contributed by atoms with Crippen molar-refractivity contribution in [2.75, 3.05) is 5.32 Å².